The summed E-state index contributed by atoms with van der Waals surface area (Å²) in [5.41, 5.74) is 0.907. The summed E-state index contributed by atoms with van der Waals surface area (Å²) in [7, 11) is 0. The van der Waals surface area contributed by atoms with Crippen LogP contribution in [0.1, 0.15) is 52.9 Å². The first kappa shape index (κ1) is 8.94. The zero-order valence-electron chi connectivity index (χ0n) is 9.52. The van der Waals surface area contributed by atoms with Crippen LogP contribution < -0.4 is 0 Å². The van der Waals surface area contributed by atoms with Gasteiger partial charge < -0.3 is 0 Å². The Morgan fingerprint density at radius 2 is 1.79 bits per heavy atom. The third-order valence-electron chi connectivity index (χ3n) is 5.31. The van der Waals surface area contributed by atoms with Crippen LogP contribution in [0.4, 0.5) is 0 Å². The quantitative estimate of drug-likeness (QED) is 0.576. The van der Waals surface area contributed by atoms with Crippen LogP contribution in [0.5, 0.6) is 0 Å². The van der Waals surface area contributed by atoms with Crippen LogP contribution >= 0.6 is 0 Å². The highest BCUT2D eigenvalue weighted by molar-refractivity contribution is 5.88. The summed E-state index contributed by atoms with van der Waals surface area (Å²) >= 11 is 0. The zero-order chi connectivity index (χ0) is 10.2. The number of hydrogen-bond donors (Lipinski definition) is 0. The second-order valence-electron chi connectivity index (χ2n) is 7.08. The Labute approximate surface area is 86.3 Å². The fourth-order valence-corrected chi connectivity index (χ4v) is 4.79. The molecule has 0 radical (unpaired) electrons. The maximum absolute atomic E-state index is 12.0. The molecule has 2 atom stereocenters. The summed E-state index contributed by atoms with van der Waals surface area (Å²) in [6, 6.07) is 0. The lowest BCUT2D eigenvalue weighted by molar-refractivity contribution is -0.130. The van der Waals surface area contributed by atoms with Crippen LogP contribution in [0.2, 0.25) is 0 Å². The number of carbonyl (C=O) groups excluding carboxylic acids is 1. The van der Waals surface area contributed by atoms with Gasteiger partial charge in [-0.05, 0) is 42.4 Å². The monoisotopic (exact) mass is 192 g/mol. The first-order valence-corrected chi connectivity index (χ1v) is 5.89. The molecule has 4 saturated carbocycles. The van der Waals surface area contributed by atoms with Gasteiger partial charge in [-0.1, -0.05) is 20.8 Å². The molecule has 1 nitrogen and oxygen atoms in total. The minimum atomic E-state index is 0.0365. The van der Waals surface area contributed by atoms with Crippen molar-refractivity contribution in [3.05, 3.63) is 0 Å². The molecule has 0 spiro atoms. The van der Waals surface area contributed by atoms with E-state index in [-0.39, 0.29) is 5.41 Å². The van der Waals surface area contributed by atoms with E-state index in [1.807, 2.05) is 0 Å². The summed E-state index contributed by atoms with van der Waals surface area (Å²) in [5, 5.41) is 0. The van der Waals surface area contributed by atoms with E-state index in [1.165, 1.54) is 19.3 Å². The third-order valence-corrected chi connectivity index (χ3v) is 5.31. The fraction of sp³-hybridized carbons (Fsp3) is 0.923. The van der Waals surface area contributed by atoms with Crippen molar-refractivity contribution in [2.24, 2.45) is 22.2 Å². The molecule has 2 unspecified atom stereocenters. The Kier molecular flexibility index (Phi) is 1.34. The van der Waals surface area contributed by atoms with Crippen molar-refractivity contribution in [3.63, 3.8) is 0 Å². The highest BCUT2D eigenvalue weighted by atomic mass is 16.1. The number of carbonyl (C=O) groups is 1. The average molecular weight is 192 g/mol. The number of rotatable bonds is 0. The smallest absolute Gasteiger partial charge is 0.139 e. The van der Waals surface area contributed by atoms with Gasteiger partial charge in [0.2, 0.25) is 0 Å². The zero-order valence-corrected chi connectivity index (χ0v) is 9.52. The van der Waals surface area contributed by atoms with E-state index >= 15 is 0 Å². The van der Waals surface area contributed by atoms with Gasteiger partial charge in [-0.3, -0.25) is 4.79 Å². The number of Topliss-reactive ketones (excluding diaryl/α,β-unsaturated/α-hetero) is 1. The Morgan fingerprint density at radius 3 is 2.43 bits per heavy atom. The molecule has 4 aliphatic carbocycles. The van der Waals surface area contributed by atoms with Crippen LogP contribution in [0.3, 0.4) is 0 Å². The first-order valence-electron chi connectivity index (χ1n) is 5.89. The molecule has 0 saturated heterocycles. The standard InChI is InChI=1S/C13H20O/c1-11-4-9(5-11)12(2)6-10(14)13(3,7-11)8-12/h9H,4-8H2,1-3H3. The van der Waals surface area contributed by atoms with Crippen molar-refractivity contribution in [1.82, 2.24) is 0 Å². The van der Waals surface area contributed by atoms with Gasteiger partial charge in [0, 0.05) is 11.8 Å². The van der Waals surface area contributed by atoms with Gasteiger partial charge in [0.05, 0.1) is 0 Å². The second kappa shape index (κ2) is 2.10. The molecule has 0 N–H and O–H groups in total. The topological polar surface area (TPSA) is 17.1 Å². The minimum Gasteiger partial charge on any atom is -0.299 e. The van der Waals surface area contributed by atoms with E-state index in [9.17, 15) is 4.79 Å². The molecule has 4 bridgehead atoms. The first-order chi connectivity index (χ1) is 6.35. The van der Waals surface area contributed by atoms with Crippen molar-refractivity contribution in [2.45, 2.75) is 52.9 Å². The molecular formula is C13H20O. The molecule has 0 aromatic rings. The highest BCUT2D eigenvalue weighted by Gasteiger charge is 2.63. The lowest BCUT2D eigenvalue weighted by Crippen LogP contribution is -2.43. The van der Waals surface area contributed by atoms with Gasteiger partial charge in [0.15, 0.2) is 0 Å². The summed E-state index contributed by atoms with van der Waals surface area (Å²) in [6.45, 7) is 6.95. The Morgan fingerprint density at radius 1 is 1.14 bits per heavy atom. The molecule has 0 aromatic carbocycles. The van der Waals surface area contributed by atoms with Gasteiger partial charge in [-0.2, -0.15) is 0 Å². The van der Waals surface area contributed by atoms with Gasteiger partial charge >= 0.3 is 0 Å². The summed E-state index contributed by atoms with van der Waals surface area (Å²) in [5.74, 6) is 1.40. The predicted molar refractivity (Wildman–Crippen MR) is 55.9 cm³/mol. The Hall–Kier alpha value is -0.330. The molecule has 0 aromatic heterocycles. The average Bonchev–Trinajstić information content (AvgIpc) is 2.07. The van der Waals surface area contributed by atoms with Crippen molar-refractivity contribution in [1.29, 1.82) is 0 Å². The van der Waals surface area contributed by atoms with E-state index in [1.54, 1.807) is 0 Å². The van der Waals surface area contributed by atoms with Crippen molar-refractivity contribution in [3.8, 4) is 0 Å². The lowest BCUT2D eigenvalue weighted by atomic mass is 9.53. The van der Waals surface area contributed by atoms with Gasteiger partial charge in [0.25, 0.3) is 0 Å². The Bertz CT molecular complexity index is 309. The van der Waals surface area contributed by atoms with Crippen molar-refractivity contribution < 1.29 is 4.79 Å². The molecule has 78 valence electrons. The Balaban J connectivity index is 2.05. The molecule has 0 amide bonds. The van der Waals surface area contributed by atoms with Crippen molar-refractivity contribution >= 4 is 5.78 Å². The van der Waals surface area contributed by atoms with Gasteiger partial charge in [-0.15, -0.1) is 0 Å². The molecule has 14 heavy (non-hydrogen) atoms. The summed E-state index contributed by atoms with van der Waals surface area (Å²) in [4.78, 5) is 12.0. The maximum atomic E-state index is 12.0. The normalized spacial score (nSPS) is 60.8. The minimum absolute atomic E-state index is 0.0365. The van der Waals surface area contributed by atoms with E-state index in [0.717, 1.165) is 18.8 Å². The van der Waals surface area contributed by atoms with Crippen LogP contribution in [0.15, 0.2) is 0 Å². The van der Waals surface area contributed by atoms with Gasteiger partial charge in [0.1, 0.15) is 5.78 Å². The SMILES string of the molecule is CC12CC(C1)C1(C)CC(=O)C(C)(C2)C1. The molecule has 4 aliphatic rings. The van der Waals surface area contributed by atoms with Crippen LogP contribution in [0.25, 0.3) is 0 Å². The molecule has 4 fully saturated rings. The lowest BCUT2D eigenvalue weighted by Gasteiger charge is -2.51. The largest absolute Gasteiger partial charge is 0.299 e. The van der Waals surface area contributed by atoms with Crippen LogP contribution in [0, 0.1) is 22.2 Å². The second-order valence-corrected chi connectivity index (χ2v) is 7.08. The number of hydrogen-bond acceptors (Lipinski definition) is 1. The van der Waals surface area contributed by atoms with Gasteiger partial charge in [-0.25, -0.2) is 0 Å². The van der Waals surface area contributed by atoms with Crippen LogP contribution in [-0.4, -0.2) is 5.78 Å². The van der Waals surface area contributed by atoms with E-state index < -0.39 is 0 Å². The molecule has 0 aliphatic heterocycles. The maximum Gasteiger partial charge on any atom is 0.139 e. The third kappa shape index (κ3) is 0.888. The highest BCUT2D eigenvalue weighted by Crippen LogP contribution is 2.69. The predicted octanol–water partition coefficient (Wildman–Crippen LogP) is 3.18. The summed E-state index contributed by atoms with van der Waals surface area (Å²) < 4.78 is 0. The fourth-order valence-electron chi connectivity index (χ4n) is 4.79. The molecule has 0 heterocycles. The molecule has 4 rings (SSSR count). The number of ketones is 1. The van der Waals surface area contributed by atoms with E-state index in [2.05, 4.69) is 20.8 Å². The molecular weight excluding hydrogens is 172 g/mol. The van der Waals surface area contributed by atoms with E-state index in [0.29, 0.717) is 16.6 Å². The van der Waals surface area contributed by atoms with Crippen LogP contribution in [-0.2, 0) is 4.79 Å². The summed E-state index contributed by atoms with van der Waals surface area (Å²) in [6.07, 6.45) is 5.95. The molecule has 1 heteroatoms. The van der Waals surface area contributed by atoms with E-state index in [4.69, 9.17) is 0 Å². The van der Waals surface area contributed by atoms with Crippen molar-refractivity contribution in [2.75, 3.05) is 0 Å².